The van der Waals surface area contributed by atoms with Crippen molar-refractivity contribution in [3.05, 3.63) is 54.0 Å². The van der Waals surface area contributed by atoms with Gasteiger partial charge >= 0.3 is 0 Å². The Balaban J connectivity index is 1.63. The van der Waals surface area contributed by atoms with E-state index in [0.717, 1.165) is 19.3 Å². The number of anilines is 2. The van der Waals surface area contributed by atoms with Crippen LogP contribution in [0.1, 0.15) is 52.0 Å². The molecule has 0 bridgehead atoms. The van der Waals surface area contributed by atoms with Gasteiger partial charge in [0.25, 0.3) is 0 Å². The summed E-state index contributed by atoms with van der Waals surface area (Å²) in [5, 5.41) is 6.10. The van der Waals surface area contributed by atoms with Gasteiger partial charge in [-0.2, -0.15) is 4.98 Å². The molecule has 0 unspecified atom stereocenters. The van der Waals surface area contributed by atoms with Crippen molar-refractivity contribution in [1.82, 2.24) is 25.1 Å². The highest BCUT2D eigenvalue weighted by Gasteiger charge is 2.27. The predicted octanol–water partition coefficient (Wildman–Crippen LogP) is 4.14. The number of hydrogen-bond acceptors (Lipinski definition) is 7. The van der Waals surface area contributed by atoms with E-state index in [4.69, 9.17) is 4.74 Å². The van der Waals surface area contributed by atoms with Crippen LogP contribution >= 0.6 is 0 Å². The number of likely N-dealkylation sites (N-methyl/N-ethyl adjacent to an activating group) is 2. The first-order chi connectivity index (χ1) is 19.5. The molecule has 1 aliphatic carbocycles. The molecule has 3 atom stereocenters. The summed E-state index contributed by atoms with van der Waals surface area (Å²) < 4.78 is 19.5. The van der Waals surface area contributed by atoms with Crippen molar-refractivity contribution in [2.75, 3.05) is 33.0 Å². The summed E-state index contributed by atoms with van der Waals surface area (Å²) in [4.78, 5) is 37.6. The largest absolute Gasteiger partial charge is 0.474 e. The quantitative estimate of drug-likeness (QED) is 0.331. The number of ether oxygens (including phenoxy) is 1. The molecule has 9 nitrogen and oxygen atoms in total. The van der Waals surface area contributed by atoms with E-state index in [-0.39, 0.29) is 41.6 Å². The normalized spacial score (nSPS) is 17.6. The molecule has 0 saturated heterocycles. The Morgan fingerprint density at radius 2 is 2.00 bits per heavy atom. The molecule has 41 heavy (non-hydrogen) atoms. The van der Waals surface area contributed by atoms with Crippen LogP contribution < -0.4 is 15.4 Å². The molecule has 10 heteroatoms. The summed E-state index contributed by atoms with van der Waals surface area (Å²) in [5.74, 6) is 6.47. The summed E-state index contributed by atoms with van der Waals surface area (Å²) in [5.41, 5.74) is 1.09. The molecule has 1 aliphatic rings. The van der Waals surface area contributed by atoms with Gasteiger partial charge < -0.3 is 25.2 Å². The van der Waals surface area contributed by atoms with Gasteiger partial charge in [0, 0.05) is 37.3 Å². The molecule has 2 aromatic rings. The molecule has 1 aromatic carbocycles. The fraction of sp³-hybridized carbons (Fsp3) is 0.484. The maximum Gasteiger partial charge on any atom is 0.246 e. The summed E-state index contributed by atoms with van der Waals surface area (Å²) >= 11 is 0. The van der Waals surface area contributed by atoms with Crippen LogP contribution in [-0.4, -0.2) is 77.5 Å². The molecule has 0 spiro atoms. The number of amides is 2. The molecule has 0 radical (unpaired) electrons. The Morgan fingerprint density at radius 1 is 1.22 bits per heavy atom. The van der Waals surface area contributed by atoms with Gasteiger partial charge in [0.2, 0.25) is 23.6 Å². The van der Waals surface area contributed by atoms with Crippen molar-refractivity contribution >= 4 is 23.5 Å². The highest BCUT2D eigenvalue weighted by atomic mass is 19.1. The summed E-state index contributed by atoms with van der Waals surface area (Å²) in [7, 11) is 5.49. The third-order valence-corrected chi connectivity index (χ3v) is 6.65. The standard InChI is InChI=1S/C31H41FN6O3/c1-21(2)41-30-24(20-33-31(36-30)35-27-13-8-11-25(32)19-27)16-15-23-10-7-12-26(18-23)34-29(40)22(3)38(6)28(39)14-9-17-37(4)5/h8-9,11,13-14,19-23,26H,7,10,12,17-18H2,1-6H3,(H,34,40)(H,33,35,36)/b14-9+/t22-,23-,26-/m0/s1. The van der Waals surface area contributed by atoms with Gasteiger partial charge in [-0.1, -0.05) is 30.4 Å². The first kappa shape index (κ1) is 31.6. The highest BCUT2D eigenvalue weighted by molar-refractivity contribution is 5.92. The number of nitrogens with zero attached hydrogens (tertiary/aromatic N) is 4. The summed E-state index contributed by atoms with van der Waals surface area (Å²) in [6, 6.07) is 5.44. The minimum Gasteiger partial charge on any atom is -0.474 e. The van der Waals surface area contributed by atoms with Crippen molar-refractivity contribution in [3.8, 4) is 17.7 Å². The van der Waals surface area contributed by atoms with E-state index < -0.39 is 6.04 Å². The third kappa shape index (κ3) is 10.2. The Bertz CT molecular complexity index is 1290. The van der Waals surface area contributed by atoms with Gasteiger partial charge in [0.15, 0.2) is 0 Å². The van der Waals surface area contributed by atoms with Crippen LogP contribution in [0, 0.1) is 23.6 Å². The first-order valence-corrected chi connectivity index (χ1v) is 14.0. The average molecular weight is 565 g/mol. The first-order valence-electron chi connectivity index (χ1n) is 14.0. The zero-order valence-electron chi connectivity index (χ0n) is 24.8. The van der Waals surface area contributed by atoms with Gasteiger partial charge in [-0.3, -0.25) is 9.59 Å². The molecular weight excluding hydrogens is 523 g/mol. The smallest absolute Gasteiger partial charge is 0.246 e. The Morgan fingerprint density at radius 3 is 2.71 bits per heavy atom. The van der Waals surface area contributed by atoms with Crippen molar-refractivity contribution in [2.24, 2.45) is 5.92 Å². The lowest BCUT2D eigenvalue weighted by atomic mass is 9.86. The Hall–Kier alpha value is -3.97. The number of nitrogens with one attached hydrogen (secondary N) is 2. The zero-order chi connectivity index (χ0) is 29.9. The lowest BCUT2D eigenvalue weighted by Crippen LogP contribution is -2.49. The van der Waals surface area contributed by atoms with E-state index in [1.165, 1.54) is 23.1 Å². The average Bonchev–Trinajstić information content (AvgIpc) is 2.91. The third-order valence-electron chi connectivity index (χ3n) is 6.65. The molecule has 220 valence electrons. The van der Waals surface area contributed by atoms with Crippen LogP contribution in [0.2, 0.25) is 0 Å². The molecule has 1 fully saturated rings. The molecule has 1 heterocycles. The van der Waals surface area contributed by atoms with Crippen LogP contribution in [0.15, 0.2) is 42.6 Å². The van der Waals surface area contributed by atoms with Crippen molar-refractivity contribution in [3.63, 3.8) is 0 Å². The minimum absolute atomic E-state index is 0.0220. The van der Waals surface area contributed by atoms with Gasteiger partial charge in [0.1, 0.15) is 17.4 Å². The number of carbonyl (C=O) groups is 2. The van der Waals surface area contributed by atoms with Gasteiger partial charge in [-0.15, -0.1) is 0 Å². The van der Waals surface area contributed by atoms with Crippen LogP contribution in [0.25, 0.3) is 0 Å². The molecule has 0 aliphatic heterocycles. The maximum absolute atomic E-state index is 13.6. The molecular formula is C31H41FN6O3. The van der Waals surface area contributed by atoms with Crippen molar-refractivity contribution in [1.29, 1.82) is 0 Å². The lowest BCUT2D eigenvalue weighted by molar-refractivity contribution is -0.135. The van der Waals surface area contributed by atoms with Crippen LogP contribution in [0.3, 0.4) is 0 Å². The monoisotopic (exact) mass is 564 g/mol. The van der Waals surface area contributed by atoms with E-state index in [1.807, 2.05) is 32.8 Å². The molecule has 1 saturated carbocycles. The van der Waals surface area contributed by atoms with Gasteiger partial charge in [0.05, 0.1) is 12.3 Å². The maximum atomic E-state index is 13.6. The fourth-order valence-electron chi connectivity index (χ4n) is 4.32. The molecule has 2 amide bonds. The van der Waals surface area contributed by atoms with Crippen LogP contribution in [-0.2, 0) is 9.59 Å². The van der Waals surface area contributed by atoms with E-state index in [1.54, 1.807) is 38.4 Å². The summed E-state index contributed by atoms with van der Waals surface area (Å²) in [6.45, 7) is 6.19. The zero-order valence-corrected chi connectivity index (χ0v) is 24.8. The summed E-state index contributed by atoms with van der Waals surface area (Å²) in [6.07, 6.45) is 8.19. The van der Waals surface area contributed by atoms with E-state index in [0.29, 0.717) is 30.1 Å². The number of hydrogen-bond donors (Lipinski definition) is 2. The number of rotatable bonds is 10. The predicted molar refractivity (Wildman–Crippen MR) is 158 cm³/mol. The van der Waals surface area contributed by atoms with E-state index >= 15 is 0 Å². The number of carbonyl (C=O) groups excluding carboxylic acids is 2. The molecule has 3 rings (SSSR count). The minimum atomic E-state index is -0.592. The molecule has 2 N–H and O–H groups in total. The van der Waals surface area contributed by atoms with Gasteiger partial charge in [-0.25, -0.2) is 9.37 Å². The van der Waals surface area contributed by atoms with E-state index in [2.05, 4.69) is 32.4 Å². The second-order valence-electron chi connectivity index (χ2n) is 10.8. The fourth-order valence-corrected chi connectivity index (χ4v) is 4.32. The highest BCUT2D eigenvalue weighted by Crippen LogP contribution is 2.25. The Labute approximate surface area is 242 Å². The SMILES string of the molecule is CC(C)Oc1nc(Nc2cccc(F)c2)ncc1C#C[C@@H]1CCC[C@H](NC(=O)[C@H](C)N(C)C(=O)/C=C/CN(C)C)C1. The van der Waals surface area contributed by atoms with Gasteiger partial charge in [-0.05, 0) is 72.3 Å². The lowest BCUT2D eigenvalue weighted by Gasteiger charge is -2.30. The number of aromatic nitrogens is 2. The van der Waals surface area contributed by atoms with Crippen LogP contribution in [0.5, 0.6) is 5.88 Å². The molecule has 1 aromatic heterocycles. The second kappa shape index (κ2) is 15.1. The van der Waals surface area contributed by atoms with Crippen LogP contribution in [0.4, 0.5) is 16.0 Å². The number of benzene rings is 1. The Kier molecular flexibility index (Phi) is 11.7. The van der Waals surface area contributed by atoms with Crippen molar-refractivity contribution in [2.45, 2.75) is 64.6 Å². The number of halogens is 1. The second-order valence-corrected chi connectivity index (χ2v) is 10.8. The van der Waals surface area contributed by atoms with Crippen molar-refractivity contribution < 1.29 is 18.7 Å². The van der Waals surface area contributed by atoms with E-state index in [9.17, 15) is 14.0 Å². The topological polar surface area (TPSA) is 99.7 Å².